The number of benzene rings is 1. The van der Waals surface area contributed by atoms with E-state index in [-0.39, 0.29) is 18.0 Å². The fourth-order valence-corrected chi connectivity index (χ4v) is 6.59. The van der Waals surface area contributed by atoms with Crippen molar-refractivity contribution in [1.29, 1.82) is 0 Å². The summed E-state index contributed by atoms with van der Waals surface area (Å²) in [6.45, 7) is 2.61. The van der Waals surface area contributed by atoms with E-state index in [0.717, 1.165) is 71.4 Å². The monoisotopic (exact) mass is 455 g/mol. The molecule has 3 saturated heterocycles. The van der Waals surface area contributed by atoms with E-state index >= 15 is 0 Å². The first-order chi connectivity index (χ1) is 15.8. The second-order valence-corrected chi connectivity index (χ2v) is 10.4. The third-order valence-electron chi connectivity index (χ3n) is 7.99. The van der Waals surface area contributed by atoms with Gasteiger partial charge < -0.3 is 20.6 Å². The molecule has 2 bridgehead atoms. The molecule has 7 nitrogen and oxygen atoms in total. The van der Waals surface area contributed by atoms with Gasteiger partial charge in [0.2, 0.25) is 11.8 Å². The zero-order chi connectivity index (χ0) is 23.6. The molecule has 0 spiro atoms. The number of likely N-dealkylation sites (tertiary alicyclic amines) is 1. The summed E-state index contributed by atoms with van der Waals surface area (Å²) in [4.78, 5) is 39.6. The molecule has 4 atom stereocenters. The molecule has 3 N–H and O–H groups in total. The SMILES string of the molecule is CC(=O)O.NC1(C(=O)N2C[C@H]3C[C@@H](C2)[C@H](Cc2ccccc2)N2C(=O)CCC[C@@H]32)CCCC1. The van der Waals surface area contributed by atoms with Gasteiger partial charge in [0, 0.05) is 38.5 Å². The van der Waals surface area contributed by atoms with Gasteiger partial charge >= 0.3 is 0 Å². The molecule has 0 aromatic heterocycles. The molecule has 1 aromatic rings. The summed E-state index contributed by atoms with van der Waals surface area (Å²) >= 11 is 0. The van der Waals surface area contributed by atoms with Crippen LogP contribution in [-0.2, 0) is 20.8 Å². The van der Waals surface area contributed by atoms with Crippen molar-refractivity contribution >= 4 is 17.8 Å². The lowest BCUT2D eigenvalue weighted by Gasteiger charge is -2.57. The Bertz CT molecular complexity index is 864. The topological polar surface area (TPSA) is 104 Å². The van der Waals surface area contributed by atoms with Crippen LogP contribution in [0.5, 0.6) is 0 Å². The number of carbonyl (C=O) groups is 3. The van der Waals surface area contributed by atoms with Crippen LogP contribution < -0.4 is 5.73 Å². The molecule has 1 aliphatic carbocycles. The Kier molecular flexibility index (Phi) is 7.07. The highest BCUT2D eigenvalue weighted by atomic mass is 16.4. The maximum Gasteiger partial charge on any atom is 0.300 e. The molecule has 2 amide bonds. The number of rotatable bonds is 3. The maximum absolute atomic E-state index is 13.4. The van der Waals surface area contributed by atoms with E-state index in [1.807, 2.05) is 6.07 Å². The Labute approximate surface area is 196 Å². The molecule has 5 rings (SSSR count). The van der Waals surface area contributed by atoms with Crippen LogP contribution in [0.4, 0.5) is 0 Å². The van der Waals surface area contributed by atoms with Crippen LogP contribution in [0.1, 0.15) is 63.9 Å². The van der Waals surface area contributed by atoms with Crippen molar-refractivity contribution in [3.05, 3.63) is 35.9 Å². The summed E-state index contributed by atoms with van der Waals surface area (Å²) in [5, 5.41) is 7.42. The number of nitrogens with two attached hydrogens (primary N) is 1. The van der Waals surface area contributed by atoms with Crippen molar-refractivity contribution in [2.75, 3.05) is 13.1 Å². The van der Waals surface area contributed by atoms with E-state index in [0.29, 0.717) is 24.2 Å². The average Bonchev–Trinajstić information content (AvgIpc) is 3.24. The largest absolute Gasteiger partial charge is 0.481 e. The zero-order valence-electron chi connectivity index (χ0n) is 19.6. The quantitative estimate of drug-likeness (QED) is 0.729. The number of hydrogen-bond acceptors (Lipinski definition) is 4. The summed E-state index contributed by atoms with van der Waals surface area (Å²) in [6.07, 6.45) is 8.50. The van der Waals surface area contributed by atoms with Crippen molar-refractivity contribution in [3.63, 3.8) is 0 Å². The molecule has 1 saturated carbocycles. The number of carbonyl (C=O) groups excluding carboxylic acids is 2. The lowest BCUT2D eigenvalue weighted by atomic mass is 9.70. The predicted octanol–water partition coefficient (Wildman–Crippen LogP) is 2.82. The lowest BCUT2D eigenvalue weighted by molar-refractivity contribution is -0.158. The summed E-state index contributed by atoms with van der Waals surface area (Å²) in [5.74, 6) is 0.404. The molecule has 1 aromatic carbocycles. The van der Waals surface area contributed by atoms with Gasteiger partial charge in [-0.3, -0.25) is 14.4 Å². The Morgan fingerprint density at radius 1 is 1.09 bits per heavy atom. The van der Waals surface area contributed by atoms with Crippen molar-refractivity contribution in [2.45, 2.75) is 82.3 Å². The van der Waals surface area contributed by atoms with E-state index in [2.05, 4.69) is 34.1 Å². The van der Waals surface area contributed by atoms with E-state index in [9.17, 15) is 9.59 Å². The van der Waals surface area contributed by atoms with E-state index < -0.39 is 11.5 Å². The minimum absolute atomic E-state index is 0.166. The highest BCUT2D eigenvalue weighted by Gasteiger charge is 2.51. The maximum atomic E-state index is 13.4. The zero-order valence-corrected chi connectivity index (χ0v) is 19.6. The van der Waals surface area contributed by atoms with Gasteiger partial charge in [0.05, 0.1) is 5.54 Å². The van der Waals surface area contributed by atoms with E-state index in [1.54, 1.807) is 0 Å². The highest BCUT2D eigenvalue weighted by molar-refractivity contribution is 5.86. The molecule has 3 heterocycles. The number of nitrogens with zero attached hydrogens (tertiary/aromatic N) is 2. The number of aliphatic carboxylic acids is 1. The second kappa shape index (κ2) is 9.84. The van der Waals surface area contributed by atoms with Gasteiger partial charge in [-0.1, -0.05) is 43.2 Å². The molecule has 3 aliphatic heterocycles. The Balaban J connectivity index is 0.000000601. The molecular weight excluding hydrogens is 418 g/mol. The Morgan fingerprint density at radius 3 is 2.39 bits per heavy atom. The first-order valence-corrected chi connectivity index (χ1v) is 12.4. The summed E-state index contributed by atoms with van der Waals surface area (Å²) < 4.78 is 0. The van der Waals surface area contributed by atoms with Gasteiger partial charge in [0.1, 0.15) is 0 Å². The van der Waals surface area contributed by atoms with Crippen LogP contribution in [0.15, 0.2) is 30.3 Å². The summed E-state index contributed by atoms with van der Waals surface area (Å²) in [5.41, 5.74) is 7.17. The molecule has 0 radical (unpaired) electrons. The van der Waals surface area contributed by atoms with Gasteiger partial charge in [-0.2, -0.15) is 0 Å². The van der Waals surface area contributed by atoms with Crippen molar-refractivity contribution in [1.82, 2.24) is 9.80 Å². The minimum atomic E-state index is -0.833. The van der Waals surface area contributed by atoms with Gasteiger partial charge in [-0.25, -0.2) is 0 Å². The van der Waals surface area contributed by atoms with Gasteiger partial charge in [0.15, 0.2) is 0 Å². The number of piperidine rings is 3. The van der Waals surface area contributed by atoms with Crippen molar-refractivity contribution in [2.24, 2.45) is 17.6 Å². The Hall–Kier alpha value is -2.41. The Morgan fingerprint density at radius 2 is 1.73 bits per heavy atom. The molecule has 180 valence electrons. The van der Waals surface area contributed by atoms with Crippen molar-refractivity contribution in [3.8, 4) is 0 Å². The fourth-order valence-electron chi connectivity index (χ4n) is 6.59. The third-order valence-corrected chi connectivity index (χ3v) is 7.99. The standard InChI is InChI=1S/C24H33N3O2.C2H4O2/c25-24(11-4-5-12-24)23(29)26-15-18-14-19(16-26)21(13-17-7-2-1-3-8-17)27-20(18)9-6-10-22(27)28;1-2(3)4/h1-3,7-8,18-21H,4-6,9-16,25H2;1H3,(H,3,4)/t18-,19+,20+,21+;/m1./s1. The molecule has 4 fully saturated rings. The number of carboxylic acids is 1. The predicted molar refractivity (Wildman–Crippen MR) is 125 cm³/mol. The van der Waals surface area contributed by atoms with Crippen LogP contribution in [-0.4, -0.2) is 63.4 Å². The number of carboxylic acid groups (broad SMARTS) is 1. The van der Waals surface area contributed by atoms with E-state index in [1.165, 1.54) is 5.56 Å². The third kappa shape index (κ3) is 5.08. The van der Waals surface area contributed by atoms with Gasteiger partial charge in [-0.15, -0.1) is 0 Å². The van der Waals surface area contributed by atoms with Crippen LogP contribution in [0, 0.1) is 11.8 Å². The fraction of sp³-hybridized carbons (Fsp3) is 0.654. The van der Waals surface area contributed by atoms with Gasteiger partial charge in [-0.05, 0) is 55.9 Å². The number of fused-ring (bicyclic) bond motifs is 4. The number of amides is 2. The normalized spacial score (nSPS) is 30.2. The second-order valence-electron chi connectivity index (χ2n) is 10.4. The first kappa shape index (κ1) is 23.7. The molecule has 4 aliphatic rings. The lowest BCUT2D eigenvalue weighted by Crippen LogP contribution is -2.67. The van der Waals surface area contributed by atoms with Crippen molar-refractivity contribution < 1.29 is 19.5 Å². The molecule has 7 heteroatoms. The van der Waals surface area contributed by atoms with E-state index in [4.69, 9.17) is 15.6 Å². The average molecular weight is 456 g/mol. The summed E-state index contributed by atoms with van der Waals surface area (Å²) in [7, 11) is 0. The first-order valence-electron chi connectivity index (χ1n) is 12.4. The molecule has 33 heavy (non-hydrogen) atoms. The number of hydrogen-bond donors (Lipinski definition) is 2. The molecule has 0 unspecified atom stereocenters. The summed E-state index contributed by atoms with van der Waals surface area (Å²) in [6, 6.07) is 11.0. The van der Waals surface area contributed by atoms with Crippen LogP contribution in [0.2, 0.25) is 0 Å². The van der Waals surface area contributed by atoms with Crippen LogP contribution in [0.3, 0.4) is 0 Å². The minimum Gasteiger partial charge on any atom is -0.481 e. The molecular formula is C26H37N3O4. The van der Waals surface area contributed by atoms with Gasteiger partial charge in [0.25, 0.3) is 5.97 Å². The van der Waals surface area contributed by atoms with Crippen LogP contribution >= 0.6 is 0 Å². The highest BCUT2D eigenvalue weighted by Crippen LogP contribution is 2.43. The smallest absolute Gasteiger partial charge is 0.300 e. The van der Waals surface area contributed by atoms with Crippen LogP contribution in [0.25, 0.3) is 0 Å².